The smallest absolute Gasteiger partial charge is 0.338 e. The minimum atomic E-state index is -1.01. The van der Waals surface area contributed by atoms with Gasteiger partial charge < -0.3 is 15.4 Å². The number of hydrogen-bond acceptors (Lipinski definition) is 7. The fraction of sp³-hybridized carbons (Fsp3) is 0.719. The van der Waals surface area contributed by atoms with Gasteiger partial charge in [0, 0.05) is 30.6 Å². The Labute approximate surface area is 250 Å². The maximum absolute atomic E-state index is 14.2. The first-order valence-electron chi connectivity index (χ1n) is 16.1. The van der Waals surface area contributed by atoms with E-state index in [0.717, 1.165) is 29.7 Å². The first-order chi connectivity index (χ1) is 20.2. The third kappa shape index (κ3) is 6.45. The molecule has 10 nitrogen and oxygen atoms in total. The Kier molecular flexibility index (Phi) is 9.74. The highest BCUT2D eigenvalue weighted by Crippen LogP contribution is 2.45. The molecule has 0 radical (unpaired) electrons. The van der Waals surface area contributed by atoms with E-state index in [1.807, 2.05) is 25.1 Å². The lowest BCUT2D eigenvalue weighted by atomic mass is 9.74. The zero-order valence-electron chi connectivity index (χ0n) is 25.5. The van der Waals surface area contributed by atoms with Crippen molar-refractivity contribution in [1.82, 2.24) is 15.2 Å². The van der Waals surface area contributed by atoms with Gasteiger partial charge in [0.1, 0.15) is 6.04 Å². The summed E-state index contributed by atoms with van der Waals surface area (Å²) in [6, 6.07) is 6.40. The summed E-state index contributed by atoms with van der Waals surface area (Å²) in [6.07, 6.45) is 11.7. The largest absolute Gasteiger partial charge is 0.397 e. The summed E-state index contributed by atoms with van der Waals surface area (Å²) >= 11 is 0. The number of para-hydroxylation sites is 2. The molecule has 42 heavy (non-hydrogen) atoms. The summed E-state index contributed by atoms with van der Waals surface area (Å²) < 4.78 is 6.29. The van der Waals surface area contributed by atoms with E-state index in [-0.39, 0.29) is 36.6 Å². The number of nitrogen functional groups attached to an aromatic ring is 1. The standard InChI is InChI=1S/C32H50N6O4/c1-4-9-30(39)35-32(41)38(34)20(2)31(40)37(28-13-8-7-12-27(28)33)25-17-26-19-42-21(3)29(18-25)36(26)24-15-22-10-5-6-11-23(14-22)16-24/h7-8,12-13,20-26,29H,4-6,9-11,14-19,33-34H2,1-3H3,(H,35,39,41)/t20?,21-,22-,23+,24?,25+,26+,29-/m1/s1. The lowest BCUT2D eigenvalue weighted by Gasteiger charge is -2.57. The van der Waals surface area contributed by atoms with Gasteiger partial charge in [0.15, 0.2) is 0 Å². The van der Waals surface area contributed by atoms with Crippen LogP contribution in [-0.4, -0.2) is 70.7 Å². The first kappa shape index (κ1) is 30.8. The molecule has 0 spiro atoms. The van der Waals surface area contributed by atoms with Crippen molar-refractivity contribution in [3.8, 4) is 0 Å². The number of imide groups is 1. The number of rotatable bonds is 7. The predicted octanol–water partition coefficient (Wildman–Crippen LogP) is 4.18. The van der Waals surface area contributed by atoms with E-state index < -0.39 is 18.0 Å². The summed E-state index contributed by atoms with van der Waals surface area (Å²) in [4.78, 5) is 43.6. The molecular weight excluding hydrogens is 532 g/mol. The minimum absolute atomic E-state index is 0.0527. The second kappa shape index (κ2) is 13.3. The molecule has 0 aromatic heterocycles. The average molecular weight is 583 g/mol. The zero-order valence-corrected chi connectivity index (χ0v) is 25.5. The van der Waals surface area contributed by atoms with E-state index in [2.05, 4.69) is 17.1 Å². The molecule has 4 amide bonds. The van der Waals surface area contributed by atoms with Crippen LogP contribution in [0, 0.1) is 11.8 Å². The third-order valence-corrected chi connectivity index (χ3v) is 10.3. The second-order valence-corrected chi connectivity index (χ2v) is 13.2. The van der Waals surface area contributed by atoms with Crippen LogP contribution in [0.1, 0.15) is 91.4 Å². The Balaban J connectivity index is 1.39. The van der Waals surface area contributed by atoms with Crippen LogP contribution < -0.4 is 21.8 Å². The number of nitrogens with zero attached hydrogens (tertiary/aromatic N) is 3. The number of piperidine rings is 1. The van der Waals surface area contributed by atoms with Crippen molar-refractivity contribution in [3.05, 3.63) is 24.3 Å². The fourth-order valence-electron chi connectivity index (χ4n) is 8.23. The second-order valence-electron chi connectivity index (χ2n) is 13.2. The van der Waals surface area contributed by atoms with Crippen LogP contribution in [-0.2, 0) is 14.3 Å². The molecule has 2 saturated heterocycles. The lowest BCUT2D eigenvalue weighted by Crippen LogP contribution is -2.68. The number of benzene rings is 1. The highest BCUT2D eigenvalue weighted by Gasteiger charge is 2.49. The van der Waals surface area contributed by atoms with Crippen molar-refractivity contribution in [2.75, 3.05) is 17.2 Å². The molecule has 1 aromatic carbocycles. The summed E-state index contributed by atoms with van der Waals surface area (Å²) in [5.74, 6) is 7.05. The molecule has 4 fully saturated rings. The van der Waals surface area contributed by atoms with Crippen LogP contribution in [0.4, 0.5) is 16.2 Å². The molecule has 1 aromatic rings. The molecule has 232 valence electrons. The number of amides is 4. The number of hydrogen-bond donors (Lipinski definition) is 3. The number of fused-ring (bicyclic) bond motifs is 4. The van der Waals surface area contributed by atoms with Crippen molar-refractivity contribution in [2.24, 2.45) is 17.7 Å². The van der Waals surface area contributed by atoms with Gasteiger partial charge in [-0.1, -0.05) is 44.7 Å². The molecule has 4 bridgehead atoms. The van der Waals surface area contributed by atoms with Gasteiger partial charge in [-0.15, -0.1) is 0 Å². The highest BCUT2D eigenvalue weighted by atomic mass is 16.5. The lowest BCUT2D eigenvalue weighted by molar-refractivity contribution is -0.147. The van der Waals surface area contributed by atoms with Gasteiger partial charge in [-0.05, 0) is 76.3 Å². The SMILES string of the molecule is CCCC(=O)NC(=O)N(N)C(C)C(=O)N(c1ccccc1N)[C@H]1C[C@H]2CO[C@H](C)[C@@H](C1)N2C1C[C@H]2CCCC[C@@H](C1)C2. The van der Waals surface area contributed by atoms with Crippen molar-refractivity contribution in [1.29, 1.82) is 0 Å². The molecule has 2 aliphatic carbocycles. The Hall–Kier alpha value is -2.69. The number of morpholine rings is 1. The molecule has 2 heterocycles. The quantitative estimate of drug-likeness (QED) is 0.190. The van der Waals surface area contributed by atoms with Crippen LogP contribution in [0.3, 0.4) is 0 Å². The van der Waals surface area contributed by atoms with Gasteiger partial charge in [0.25, 0.3) is 5.91 Å². The Morgan fingerprint density at radius 2 is 1.74 bits per heavy atom. The average Bonchev–Trinajstić information content (AvgIpc) is 3.14. The normalized spacial score (nSPS) is 31.9. The number of urea groups is 1. The number of carbonyl (C=O) groups excluding carboxylic acids is 3. The monoisotopic (exact) mass is 582 g/mol. The molecule has 2 saturated carbocycles. The molecular formula is C32H50N6O4. The van der Waals surface area contributed by atoms with Crippen molar-refractivity contribution < 1.29 is 19.1 Å². The van der Waals surface area contributed by atoms with Gasteiger partial charge in [0.05, 0.1) is 24.1 Å². The van der Waals surface area contributed by atoms with Gasteiger partial charge in [-0.2, -0.15) is 0 Å². The predicted molar refractivity (Wildman–Crippen MR) is 163 cm³/mol. The van der Waals surface area contributed by atoms with Crippen LogP contribution >= 0.6 is 0 Å². The Morgan fingerprint density at radius 3 is 2.40 bits per heavy atom. The number of carbonyl (C=O) groups is 3. The maximum atomic E-state index is 14.2. The molecule has 5 N–H and O–H groups in total. The number of anilines is 2. The maximum Gasteiger partial charge on any atom is 0.338 e. The third-order valence-electron chi connectivity index (χ3n) is 10.3. The van der Waals surface area contributed by atoms with Crippen molar-refractivity contribution in [3.63, 3.8) is 0 Å². The van der Waals surface area contributed by atoms with Gasteiger partial charge in [0.2, 0.25) is 5.91 Å². The van der Waals surface area contributed by atoms with Crippen molar-refractivity contribution in [2.45, 2.75) is 128 Å². The molecule has 2 unspecified atom stereocenters. The van der Waals surface area contributed by atoms with Crippen LogP contribution in [0.2, 0.25) is 0 Å². The topological polar surface area (TPSA) is 134 Å². The summed E-state index contributed by atoms with van der Waals surface area (Å²) in [6.45, 7) is 6.26. The highest BCUT2D eigenvalue weighted by molar-refractivity contribution is 6.02. The van der Waals surface area contributed by atoms with Crippen molar-refractivity contribution >= 4 is 29.2 Å². The van der Waals surface area contributed by atoms with Crippen LogP contribution in [0.25, 0.3) is 0 Å². The van der Waals surface area contributed by atoms with Crippen LogP contribution in [0.15, 0.2) is 24.3 Å². The van der Waals surface area contributed by atoms with E-state index in [1.54, 1.807) is 17.9 Å². The summed E-state index contributed by atoms with van der Waals surface area (Å²) in [5.41, 5.74) is 7.58. The zero-order chi connectivity index (χ0) is 30.0. The van der Waals surface area contributed by atoms with E-state index in [9.17, 15) is 14.4 Å². The molecule has 10 heteroatoms. The van der Waals surface area contributed by atoms with E-state index in [1.165, 1.54) is 44.9 Å². The molecule has 5 rings (SSSR count). The van der Waals surface area contributed by atoms with E-state index >= 15 is 0 Å². The van der Waals surface area contributed by atoms with Gasteiger partial charge in [-0.25, -0.2) is 15.6 Å². The summed E-state index contributed by atoms with van der Waals surface area (Å²) in [5, 5.41) is 3.12. The van der Waals surface area contributed by atoms with E-state index in [4.69, 9.17) is 16.3 Å². The van der Waals surface area contributed by atoms with Gasteiger partial charge in [-0.3, -0.25) is 19.8 Å². The Morgan fingerprint density at radius 1 is 1.05 bits per heavy atom. The summed E-state index contributed by atoms with van der Waals surface area (Å²) in [7, 11) is 0. The fourth-order valence-corrected chi connectivity index (χ4v) is 8.23. The number of nitrogens with two attached hydrogens (primary N) is 2. The number of nitrogens with one attached hydrogen (secondary N) is 1. The number of ether oxygens (including phenoxy) is 1. The van der Waals surface area contributed by atoms with Crippen LogP contribution in [0.5, 0.6) is 0 Å². The molecule has 2 aliphatic heterocycles. The first-order valence-corrected chi connectivity index (χ1v) is 16.1. The number of hydrazine groups is 1. The van der Waals surface area contributed by atoms with Gasteiger partial charge >= 0.3 is 6.03 Å². The molecule has 4 aliphatic rings. The molecule has 8 atom stereocenters. The van der Waals surface area contributed by atoms with E-state index in [0.29, 0.717) is 30.4 Å². The Bertz CT molecular complexity index is 1120. The minimum Gasteiger partial charge on any atom is -0.397 e.